The van der Waals surface area contributed by atoms with Gasteiger partial charge in [-0.15, -0.1) is 0 Å². The Morgan fingerprint density at radius 3 is 1.86 bits per heavy atom. The molecule has 0 spiro atoms. The zero-order valence-corrected chi connectivity index (χ0v) is 16.5. The van der Waals surface area contributed by atoms with Crippen molar-refractivity contribution in [2.45, 2.75) is 12.8 Å². The SMILES string of the molecule is NS(=O)(=O)C=C(c1ccc(CCc2ccccc2)cc1)c1ccccc1C(=O)O. The summed E-state index contributed by atoms with van der Waals surface area (Å²) in [6.45, 7) is 0. The first-order chi connectivity index (χ1) is 13.8. The van der Waals surface area contributed by atoms with Gasteiger partial charge in [0.15, 0.2) is 0 Å². The van der Waals surface area contributed by atoms with Crippen LogP contribution in [-0.4, -0.2) is 19.5 Å². The maximum Gasteiger partial charge on any atom is 0.336 e. The van der Waals surface area contributed by atoms with Crippen molar-refractivity contribution in [1.82, 2.24) is 0 Å². The molecule has 0 unspecified atom stereocenters. The summed E-state index contributed by atoms with van der Waals surface area (Å²) in [5.74, 6) is -1.14. The Bertz CT molecular complexity index is 1140. The first kappa shape index (κ1) is 20.5. The van der Waals surface area contributed by atoms with Crippen LogP contribution in [0.5, 0.6) is 0 Å². The second-order valence-corrected chi connectivity index (χ2v) is 8.07. The van der Waals surface area contributed by atoms with E-state index in [9.17, 15) is 18.3 Å². The molecule has 0 radical (unpaired) electrons. The average Bonchev–Trinajstić information content (AvgIpc) is 2.71. The van der Waals surface area contributed by atoms with Crippen molar-refractivity contribution in [2.75, 3.05) is 0 Å². The molecule has 0 aromatic heterocycles. The van der Waals surface area contributed by atoms with E-state index in [1.54, 1.807) is 30.3 Å². The van der Waals surface area contributed by atoms with Crippen LogP contribution in [0.2, 0.25) is 0 Å². The van der Waals surface area contributed by atoms with Crippen LogP contribution in [0.3, 0.4) is 0 Å². The number of aromatic carboxylic acids is 1. The van der Waals surface area contributed by atoms with Crippen molar-refractivity contribution in [3.05, 3.63) is 112 Å². The average molecular weight is 407 g/mol. The minimum atomic E-state index is -3.97. The lowest BCUT2D eigenvalue weighted by Gasteiger charge is -2.12. The summed E-state index contributed by atoms with van der Waals surface area (Å²) in [5, 5.41) is 15.6. The van der Waals surface area contributed by atoms with Gasteiger partial charge in [-0.3, -0.25) is 0 Å². The monoisotopic (exact) mass is 407 g/mol. The molecule has 0 amide bonds. The van der Waals surface area contributed by atoms with E-state index in [1.165, 1.54) is 11.6 Å². The zero-order chi connectivity index (χ0) is 20.9. The number of aryl methyl sites for hydroxylation is 2. The molecule has 3 rings (SSSR count). The van der Waals surface area contributed by atoms with E-state index in [2.05, 4.69) is 12.1 Å². The molecule has 0 aliphatic rings. The lowest BCUT2D eigenvalue weighted by molar-refractivity contribution is 0.0696. The van der Waals surface area contributed by atoms with E-state index in [0.29, 0.717) is 11.1 Å². The third-order valence-corrected chi connectivity index (χ3v) is 5.10. The van der Waals surface area contributed by atoms with Gasteiger partial charge in [0.25, 0.3) is 0 Å². The van der Waals surface area contributed by atoms with Crippen LogP contribution in [0.4, 0.5) is 0 Å². The Labute approximate surface area is 170 Å². The molecule has 0 heterocycles. The van der Waals surface area contributed by atoms with Crippen molar-refractivity contribution >= 4 is 21.6 Å². The van der Waals surface area contributed by atoms with E-state index < -0.39 is 16.0 Å². The highest BCUT2D eigenvalue weighted by atomic mass is 32.2. The fourth-order valence-corrected chi connectivity index (χ4v) is 3.73. The third kappa shape index (κ3) is 5.63. The van der Waals surface area contributed by atoms with Crippen LogP contribution in [0, 0.1) is 0 Å². The number of hydrogen-bond acceptors (Lipinski definition) is 3. The highest BCUT2D eigenvalue weighted by Gasteiger charge is 2.16. The van der Waals surface area contributed by atoms with Gasteiger partial charge in [0, 0.05) is 5.57 Å². The lowest BCUT2D eigenvalue weighted by atomic mass is 9.94. The molecule has 29 heavy (non-hydrogen) atoms. The number of carboxylic acids is 1. The topological polar surface area (TPSA) is 97.5 Å². The Hall–Kier alpha value is -3.22. The minimum absolute atomic E-state index is 0.00977. The number of hydrogen-bond donors (Lipinski definition) is 2. The second kappa shape index (κ2) is 8.86. The van der Waals surface area contributed by atoms with Gasteiger partial charge in [0.2, 0.25) is 10.0 Å². The number of benzene rings is 3. The van der Waals surface area contributed by atoms with Crippen LogP contribution in [0.1, 0.15) is 32.6 Å². The van der Waals surface area contributed by atoms with Gasteiger partial charge in [0.1, 0.15) is 0 Å². The maximum absolute atomic E-state index is 11.7. The fraction of sp³-hybridized carbons (Fsp3) is 0.0870. The Morgan fingerprint density at radius 1 is 0.793 bits per heavy atom. The van der Waals surface area contributed by atoms with Crippen molar-refractivity contribution < 1.29 is 18.3 Å². The molecule has 0 bridgehead atoms. The molecule has 0 saturated heterocycles. The van der Waals surface area contributed by atoms with E-state index in [1.807, 2.05) is 30.3 Å². The van der Waals surface area contributed by atoms with Crippen LogP contribution in [-0.2, 0) is 22.9 Å². The molecular formula is C23H21NO4S. The fourth-order valence-electron chi connectivity index (χ4n) is 3.14. The highest BCUT2D eigenvalue weighted by Crippen LogP contribution is 2.28. The van der Waals surface area contributed by atoms with Gasteiger partial charge in [-0.2, -0.15) is 0 Å². The summed E-state index contributed by atoms with van der Waals surface area (Å²) in [6, 6.07) is 23.8. The van der Waals surface area contributed by atoms with Gasteiger partial charge in [0.05, 0.1) is 11.0 Å². The highest BCUT2D eigenvalue weighted by molar-refractivity contribution is 7.92. The van der Waals surface area contributed by atoms with Crippen LogP contribution in [0.15, 0.2) is 84.3 Å². The summed E-state index contributed by atoms with van der Waals surface area (Å²) in [6.07, 6.45) is 1.73. The summed E-state index contributed by atoms with van der Waals surface area (Å²) in [7, 11) is -3.97. The van der Waals surface area contributed by atoms with Crippen molar-refractivity contribution in [1.29, 1.82) is 0 Å². The number of primary sulfonamides is 1. The Morgan fingerprint density at radius 2 is 1.31 bits per heavy atom. The predicted octanol–water partition coefficient (Wildman–Crippen LogP) is 3.85. The molecule has 6 heteroatoms. The molecule has 3 aromatic carbocycles. The predicted molar refractivity (Wildman–Crippen MR) is 114 cm³/mol. The van der Waals surface area contributed by atoms with Crippen molar-refractivity contribution in [3.63, 3.8) is 0 Å². The number of rotatable bonds is 7. The summed E-state index contributed by atoms with van der Waals surface area (Å²) < 4.78 is 23.5. The zero-order valence-electron chi connectivity index (χ0n) is 15.7. The second-order valence-electron chi connectivity index (χ2n) is 6.65. The number of carbonyl (C=O) groups is 1. The van der Waals surface area contributed by atoms with Crippen molar-refractivity contribution in [3.8, 4) is 0 Å². The molecule has 3 aromatic rings. The van der Waals surface area contributed by atoms with Gasteiger partial charge in [-0.05, 0) is 41.2 Å². The van der Waals surface area contributed by atoms with E-state index in [0.717, 1.165) is 23.8 Å². The molecule has 0 saturated carbocycles. The lowest BCUT2D eigenvalue weighted by Crippen LogP contribution is -2.10. The van der Waals surface area contributed by atoms with Gasteiger partial charge in [-0.25, -0.2) is 18.4 Å². The van der Waals surface area contributed by atoms with Gasteiger partial charge < -0.3 is 5.11 Å². The van der Waals surface area contributed by atoms with Crippen LogP contribution >= 0.6 is 0 Å². The molecule has 0 fully saturated rings. The number of sulfonamides is 1. The molecule has 148 valence electrons. The molecule has 0 aliphatic carbocycles. The van der Waals surface area contributed by atoms with Crippen LogP contribution in [0.25, 0.3) is 5.57 Å². The standard InChI is InChI=1S/C23H21NO4S/c24-29(27,28)16-22(20-8-4-5-9-21(20)23(25)26)19-14-12-18(13-15-19)11-10-17-6-2-1-3-7-17/h1-9,12-16H,10-11H2,(H,25,26)(H2,24,27,28). The maximum atomic E-state index is 11.7. The largest absolute Gasteiger partial charge is 0.478 e. The third-order valence-electron chi connectivity index (χ3n) is 4.54. The van der Waals surface area contributed by atoms with Gasteiger partial charge in [-0.1, -0.05) is 72.8 Å². The first-order valence-electron chi connectivity index (χ1n) is 9.04. The molecule has 5 nitrogen and oxygen atoms in total. The smallest absolute Gasteiger partial charge is 0.336 e. The Balaban J connectivity index is 1.94. The quantitative estimate of drug-likeness (QED) is 0.622. The van der Waals surface area contributed by atoms with Crippen molar-refractivity contribution in [2.24, 2.45) is 5.14 Å². The first-order valence-corrected chi connectivity index (χ1v) is 10.6. The normalized spacial score (nSPS) is 12.0. The van der Waals surface area contributed by atoms with E-state index >= 15 is 0 Å². The molecule has 3 N–H and O–H groups in total. The number of nitrogens with two attached hydrogens (primary N) is 1. The Kier molecular flexibility index (Phi) is 6.26. The number of carboxylic acid groups (broad SMARTS) is 1. The summed E-state index contributed by atoms with van der Waals surface area (Å²) >= 11 is 0. The summed E-state index contributed by atoms with van der Waals surface area (Å²) in [4.78, 5) is 11.6. The van der Waals surface area contributed by atoms with E-state index in [-0.39, 0.29) is 11.1 Å². The minimum Gasteiger partial charge on any atom is -0.478 e. The summed E-state index contributed by atoms with van der Waals surface area (Å²) in [5.41, 5.74) is 3.47. The van der Waals surface area contributed by atoms with Gasteiger partial charge >= 0.3 is 5.97 Å². The molecule has 0 aliphatic heterocycles. The van der Waals surface area contributed by atoms with E-state index in [4.69, 9.17) is 5.14 Å². The molecular weight excluding hydrogens is 386 g/mol. The molecule has 0 atom stereocenters. The van der Waals surface area contributed by atoms with Crippen LogP contribution < -0.4 is 5.14 Å².